The summed E-state index contributed by atoms with van der Waals surface area (Å²) in [6, 6.07) is 10.3. The highest BCUT2D eigenvalue weighted by Crippen LogP contribution is 2.29. The van der Waals surface area contributed by atoms with Crippen molar-refractivity contribution in [2.75, 3.05) is 13.1 Å². The molecule has 1 aromatic carbocycles. The van der Waals surface area contributed by atoms with Gasteiger partial charge in [0.05, 0.1) is 10.8 Å². The van der Waals surface area contributed by atoms with Gasteiger partial charge in [0.15, 0.2) is 10.8 Å². The Morgan fingerprint density at radius 3 is 2.62 bits per heavy atom. The maximum atomic E-state index is 12.9. The van der Waals surface area contributed by atoms with E-state index >= 15 is 0 Å². The minimum Gasteiger partial charge on any atom is -0.342 e. The number of benzene rings is 1. The van der Waals surface area contributed by atoms with E-state index in [1.54, 1.807) is 0 Å². The zero-order valence-electron chi connectivity index (χ0n) is 15.3. The Bertz CT molecular complexity index is 944. The van der Waals surface area contributed by atoms with Crippen molar-refractivity contribution in [2.24, 2.45) is 0 Å². The molecule has 6 heteroatoms. The summed E-state index contributed by atoms with van der Waals surface area (Å²) < 4.78 is 2.07. The van der Waals surface area contributed by atoms with Crippen LogP contribution in [-0.2, 0) is 4.79 Å². The molecule has 2 aromatic heterocycles. The van der Waals surface area contributed by atoms with E-state index in [4.69, 9.17) is 0 Å². The zero-order valence-corrected chi connectivity index (χ0v) is 16.1. The normalized spacial score (nSPS) is 16.8. The number of carbonyl (C=O) groups is 1. The number of para-hydroxylation sites is 1. The van der Waals surface area contributed by atoms with Crippen molar-refractivity contribution in [3.8, 4) is 0 Å². The fourth-order valence-electron chi connectivity index (χ4n) is 3.71. The average Bonchev–Trinajstić information content (AvgIpc) is 2.87. The van der Waals surface area contributed by atoms with E-state index in [0.717, 1.165) is 42.3 Å². The van der Waals surface area contributed by atoms with Crippen LogP contribution in [-0.4, -0.2) is 43.7 Å². The third kappa shape index (κ3) is 3.18. The summed E-state index contributed by atoms with van der Waals surface area (Å²) >= 11 is 1.51. The Balaban J connectivity index is 1.65. The van der Waals surface area contributed by atoms with Gasteiger partial charge in [0.25, 0.3) is 0 Å². The lowest BCUT2D eigenvalue weighted by Gasteiger charge is -2.23. The first-order valence-electron chi connectivity index (χ1n) is 9.34. The van der Waals surface area contributed by atoms with Crippen LogP contribution in [0.2, 0.25) is 0 Å². The number of pyridine rings is 1. The highest BCUT2D eigenvalue weighted by Gasteiger charge is 2.24. The van der Waals surface area contributed by atoms with Crippen molar-refractivity contribution in [2.45, 2.75) is 49.9 Å². The van der Waals surface area contributed by atoms with Gasteiger partial charge in [0.1, 0.15) is 0 Å². The largest absolute Gasteiger partial charge is 0.342 e. The molecule has 136 valence electrons. The number of aryl methyl sites for hydroxylation is 1. The quantitative estimate of drug-likeness (QED) is 0.654. The van der Waals surface area contributed by atoms with Crippen LogP contribution in [0.3, 0.4) is 0 Å². The molecule has 1 amide bonds. The van der Waals surface area contributed by atoms with Crippen LogP contribution in [0.25, 0.3) is 16.6 Å². The van der Waals surface area contributed by atoms with Crippen molar-refractivity contribution >= 4 is 34.2 Å². The molecule has 1 atom stereocenters. The molecule has 0 spiro atoms. The number of likely N-dealkylation sites (tertiary alicyclic amines) is 1. The predicted octanol–water partition coefficient (Wildman–Crippen LogP) is 4.07. The lowest BCUT2D eigenvalue weighted by atomic mass is 10.1. The summed E-state index contributed by atoms with van der Waals surface area (Å²) in [6.07, 6.45) is 4.68. The maximum Gasteiger partial charge on any atom is 0.235 e. The van der Waals surface area contributed by atoms with Gasteiger partial charge in [-0.05, 0) is 44.4 Å². The molecule has 3 aromatic rings. The molecule has 3 heterocycles. The van der Waals surface area contributed by atoms with Gasteiger partial charge in [-0.2, -0.15) is 0 Å². The van der Waals surface area contributed by atoms with Crippen LogP contribution in [0.1, 0.15) is 38.2 Å². The van der Waals surface area contributed by atoms with E-state index in [9.17, 15) is 4.79 Å². The molecule has 0 radical (unpaired) electrons. The SMILES string of the molecule is Cc1cc2nnc(SC(C)C(=O)N3CCCCCC3)n2c2ccccc12. The second-order valence-corrected chi connectivity index (χ2v) is 8.33. The number of aromatic nitrogens is 3. The predicted molar refractivity (Wildman–Crippen MR) is 106 cm³/mol. The number of carbonyl (C=O) groups excluding carboxylic acids is 1. The number of rotatable bonds is 3. The molecule has 0 N–H and O–H groups in total. The van der Waals surface area contributed by atoms with Crippen molar-refractivity contribution in [1.29, 1.82) is 0 Å². The zero-order chi connectivity index (χ0) is 18.1. The second kappa shape index (κ2) is 7.27. The van der Waals surface area contributed by atoms with Gasteiger partial charge in [0.2, 0.25) is 5.91 Å². The monoisotopic (exact) mass is 368 g/mol. The summed E-state index contributed by atoms with van der Waals surface area (Å²) in [5.74, 6) is 0.213. The molecule has 26 heavy (non-hydrogen) atoms. The van der Waals surface area contributed by atoms with E-state index < -0.39 is 0 Å². The average molecular weight is 369 g/mol. The topological polar surface area (TPSA) is 50.5 Å². The van der Waals surface area contributed by atoms with Gasteiger partial charge in [-0.15, -0.1) is 10.2 Å². The van der Waals surface area contributed by atoms with Gasteiger partial charge in [0, 0.05) is 18.5 Å². The summed E-state index contributed by atoms with van der Waals surface area (Å²) in [5.41, 5.74) is 3.10. The highest BCUT2D eigenvalue weighted by molar-refractivity contribution is 8.00. The van der Waals surface area contributed by atoms with Crippen molar-refractivity contribution in [3.05, 3.63) is 35.9 Å². The van der Waals surface area contributed by atoms with Gasteiger partial charge in [-0.25, -0.2) is 0 Å². The van der Waals surface area contributed by atoms with E-state index in [1.807, 2.05) is 24.0 Å². The summed E-state index contributed by atoms with van der Waals surface area (Å²) in [6.45, 7) is 5.84. The maximum absolute atomic E-state index is 12.9. The molecule has 5 nitrogen and oxygen atoms in total. The Hall–Kier alpha value is -2.08. The van der Waals surface area contributed by atoms with Crippen LogP contribution in [0.5, 0.6) is 0 Å². The highest BCUT2D eigenvalue weighted by atomic mass is 32.2. The first-order chi connectivity index (χ1) is 12.6. The van der Waals surface area contributed by atoms with Gasteiger partial charge in [-0.1, -0.05) is 42.8 Å². The summed E-state index contributed by atoms with van der Waals surface area (Å²) in [4.78, 5) is 14.9. The Morgan fingerprint density at radius 1 is 1.12 bits per heavy atom. The minimum atomic E-state index is -0.166. The molecular formula is C20H24N4OS. The van der Waals surface area contributed by atoms with E-state index in [-0.39, 0.29) is 11.2 Å². The van der Waals surface area contributed by atoms with Crippen LogP contribution in [0, 0.1) is 6.92 Å². The van der Waals surface area contributed by atoms with Crippen LogP contribution in [0.15, 0.2) is 35.5 Å². The molecule has 4 rings (SSSR count). The first kappa shape index (κ1) is 17.3. The van der Waals surface area contributed by atoms with E-state index in [0.29, 0.717) is 0 Å². The molecule has 1 aliphatic rings. The molecule has 0 aliphatic carbocycles. The second-order valence-electron chi connectivity index (χ2n) is 7.02. The molecule has 1 aliphatic heterocycles. The number of hydrogen-bond acceptors (Lipinski definition) is 4. The molecule has 0 bridgehead atoms. The number of thioether (sulfide) groups is 1. The molecule has 1 saturated heterocycles. The first-order valence-corrected chi connectivity index (χ1v) is 10.2. The van der Waals surface area contributed by atoms with Crippen molar-refractivity contribution in [3.63, 3.8) is 0 Å². The lowest BCUT2D eigenvalue weighted by Crippen LogP contribution is -2.37. The third-order valence-corrected chi connectivity index (χ3v) is 6.15. The van der Waals surface area contributed by atoms with Crippen LogP contribution >= 0.6 is 11.8 Å². The Kier molecular flexibility index (Phi) is 4.85. The molecule has 1 unspecified atom stereocenters. The number of amides is 1. The number of hydrogen-bond donors (Lipinski definition) is 0. The van der Waals surface area contributed by atoms with E-state index in [2.05, 4.69) is 39.7 Å². The molecule has 1 fully saturated rings. The fourth-order valence-corrected chi connectivity index (χ4v) is 4.66. The molecule has 0 saturated carbocycles. The third-order valence-electron chi connectivity index (χ3n) is 5.12. The smallest absolute Gasteiger partial charge is 0.235 e. The van der Waals surface area contributed by atoms with Gasteiger partial charge in [-0.3, -0.25) is 9.20 Å². The Morgan fingerprint density at radius 2 is 1.85 bits per heavy atom. The van der Waals surface area contributed by atoms with Gasteiger partial charge >= 0.3 is 0 Å². The molecular weight excluding hydrogens is 344 g/mol. The fraction of sp³-hybridized carbons (Fsp3) is 0.450. The standard InChI is InChI=1S/C20H24N4OS/c1-14-13-18-21-22-20(24(18)17-10-6-5-9-16(14)17)26-15(2)19(25)23-11-7-3-4-8-12-23/h5-6,9-10,13,15H,3-4,7-8,11-12H2,1-2H3. The van der Waals surface area contributed by atoms with Crippen LogP contribution in [0.4, 0.5) is 0 Å². The van der Waals surface area contributed by atoms with Crippen molar-refractivity contribution in [1.82, 2.24) is 19.5 Å². The Labute approximate surface area is 157 Å². The van der Waals surface area contributed by atoms with E-state index in [1.165, 1.54) is 35.6 Å². The summed E-state index contributed by atoms with van der Waals surface area (Å²) in [7, 11) is 0. The minimum absolute atomic E-state index is 0.166. The van der Waals surface area contributed by atoms with Gasteiger partial charge < -0.3 is 4.90 Å². The van der Waals surface area contributed by atoms with Crippen LogP contribution < -0.4 is 0 Å². The number of nitrogens with zero attached hydrogens (tertiary/aromatic N) is 4. The lowest BCUT2D eigenvalue weighted by molar-refractivity contribution is -0.130. The number of fused-ring (bicyclic) bond motifs is 3. The summed E-state index contributed by atoms with van der Waals surface area (Å²) in [5, 5.41) is 10.5. The van der Waals surface area contributed by atoms with Crippen molar-refractivity contribution < 1.29 is 4.79 Å².